The average Bonchev–Trinajstić information content (AvgIpc) is 4.09. The molecule has 2 fully saturated rings. The first-order valence-corrected chi connectivity index (χ1v) is 23.8. The molecule has 1 unspecified atom stereocenters. The second-order valence-corrected chi connectivity index (χ2v) is 18.0. The van der Waals surface area contributed by atoms with Gasteiger partial charge in [0.25, 0.3) is 11.8 Å². The van der Waals surface area contributed by atoms with Crippen molar-refractivity contribution in [3.8, 4) is 11.1 Å². The van der Waals surface area contributed by atoms with Crippen LogP contribution in [0.3, 0.4) is 0 Å². The molecule has 0 spiro atoms. The number of rotatable bonds is 18. The number of nitrogens with zero attached hydrogens (tertiary/aromatic N) is 2. The summed E-state index contributed by atoms with van der Waals surface area (Å²) in [6, 6.07) is 26.2. The van der Waals surface area contributed by atoms with Crippen LogP contribution in [0.1, 0.15) is 106 Å². The summed E-state index contributed by atoms with van der Waals surface area (Å²) in [5.74, 6) is -1.58. The van der Waals surface area contributed by atoms with Crippen LogP contribution in [0, 0.1) is 5.92 Å². The minimum absolute atomic E-state index is 0.110. The lowest BCUT2D eigenvalue weighted by Crippen LogP contribution is -2.48. The molecular formula is C53H64N6O9. The van der Waals surface area contributed by atoms with Crippen molar-refractivity contribution in [1.29, 1.82) is 0 Å². The minimum Gasteiger partial charge on any atom is -0.453 e. The highest BCUT2D eigenvalue weighted by Gasteiger charge is 2.45. The lowest BCUT2D eigenvalue weighted by Gasteiger charge is -2.33. The third-order valence-corrected chi connectivity index (χ3v) is 13.7. The Morgan fingerprint density at radius 2 is 1.13 bits per heavy atom. The van der Waals surface area contributed by atoms with Crippen LogP contribution in [0.2, 0.25) is 0 Å². The van der Waals surface area contributed by atoms with E-state index in [9.17, 15) is 28.8 Å². The monoisotopic (exact) mass is 928 g/mol. The number of alkyl carbamates (subject to hydrolysis) is 2. The van der Waals surface area contributed by atoms with E-state index in [1.807, 2.05) is 30.3 Å². The SMILES string of the molecule is CCCCC1(CCCC)c2cc(NC(=O)[C@@H]3C[C@H](COC)CN3C(=O)C(NC(=O)OC)c3ccccc3)ccc2-c2ccc(NC(=O)[C@@H]3CCCN3C(=O)[C@H](NC(=O)OC)c3ccccc3)cc21. The molecule has 7 rings (SSSR count). The molecule has 2 aliphatic heterocycles. The number of amides is 6. The molecule has 68 heavy (non-hydrogen) atoms. The van der Waals surface area contributed by atoms with Crippen LogP contribution in [0.5, 0.6) is 0 Å². The molecule has 5 atom stereocenters. The molecule has 15 nitrogen and oxygen atoms in total. The van der Waals surface area contributed by atoms with Crippen molar-refractivity contribution in [2.24, 2.45) is 5.92 Å². The number of carbonyl (C=O) groups excluding carboxylic acids is 6. The van der Waals surface area contributed by atoms with Crippen molar-refractivity contribution >= 4 is 47.2 Å². The number of ether oxygens (including phenoxy) is 3. The van der Waals surface area contributed by atoms with E-state index in [2.05, 4.69) is 53.3 Å². The summed E-state index contributed by atoms with van der Waals surface area (Å²) < 4.78 is 15.2. The van der Waals surface area contributed by atoms with Gasteiger partial charge in [-0.1, -0.05) is 112 Å². The van der Waals surface area contributed by atoms with Crippen molar-refractivity contribution in [2.75, 3.05) is 51.7 Å². The van der Waals surface area contributed by atoms with Gasteiger partial charge in [0.05, 0.1) is 20.8 Å². The quantitative estimate of drug-likeness (QED) is 0.0763. The zero-order chi connectivity index (χ0) is 48.4. The minimum atomic E-state index is -1.08. The Morgan fingerprint density at radius 3 is 1.60 bits per heavy atom. The molecule has 3 aliphatic rings. The van der Waals surface area contributed by atoms with Crippen LogP contribution < -0.4 is 21.3 Å². The summed E-state index contributed by atoms with van der Waals surface area (Å²) in [5, 5.41) is 11.7. The zero-order valence-corrected chi connectivity index (χ0v) is 39.7. The van der Waals surface area contributed by atoms with Crippen LogP contribution in [-0.4, -0.2) is 98.7 Å². The topological polar surface area (TPSA) is 185 Å². The molecule has 15 heteroatoms. The Labute approximate surface area is 398 Å². The number of methoxy groups -OCH3 is 3. The van der Waals surface area contributed by atoms with Gasteiger partial charge in [0, 0.05) is 42.9 Å². The van der Waals surface area contributed by atoms with E-state index in [0.29, 0.717) is 54.9 Å². The van der Waals surface area contributed by atoms with Crippen LogP contribution in [0.4, 0.5) is 21.0 Å². The van der Waals surface area contributed by atoms with Gasteiger partial charge in [-0.25, -0.2) is 9.59 Å². The van der Waals surface area contributed by atoms with Gasteiger partial charge < -0.3 is 45.3 Å². The molecule has 0 radical (unpaired) electrons. The highest BCUT2D eigenvalue weighted by atomic mass is 16.5. The van der Waals surface area contributed by atoms with Crippen LogP contribution >= 0.6 is 0 Å². The maximum absolute atomic E-state index is 14.5. The number of benzene rings is 4. The number of unbranched alkanes of at least 4 members (excludes halogenated alkanes) is 2. The fourth-order valence-electron chi connectivity index (χ4n) is 10.3. The maximum Gasteiger partial charge on any atom is 0.407 e. The Morgan fingerprint density at radius 1 is 0.647 bits per heavy atom. The van der Waals surface area contributed by atoms with Gasteiger partial charge in [-0.15, -0.1) is 0 Å². The number of fused-ring (bicyclic) bond motifs is 3. The fourth-order valence-corrected chi connectivity index (χ4v) is 10.3. The van der Waals surface area contributed by atoms with Crippen molar-refractivity contribution in [1.82, 2.24) is 20.4 Å². The van der Waals surface area contributed by atoms with Gasteiger partial charge in [0.1, 0.15) is 24.2 Å². The van der Waals surface area contributed by atoms with Gasteiger partial charge >= 0.3 is 12.2 Å². The first-order chi connectivity index (χ1) is 33.0. The number of likely N-dealkylation sites (tertiary alicyclic amines) is 2. The first-order valence-electron chi connectivity index (χ1n) is 23.8. The molecule has 2 saturated heterocycles. The normalized spacial score (nSPS) is 18.7. The highest BCUT2D eigenvalue weighted by Crippen LogP contribution is 2.55. The third kappa shape index (κ3) is 10.5. The van der Waals surface area contributed by atoms with E-state index in [1.54, 1.807) is 65.4 Å². The number of carbonyl (C=O) groups is 6. The molecule has 0 bridgehead atoms. The van der Waals surface area contributed by atoms with Gasteiger partial charge in [0.15, 0.2) is 0 Å². The molecular weight excluding hydrogens is 865 g/mol. The molecule has 0 aromatic heterocycles. The second-order valence-electron chi connectivity index (χ2n) is 18.0. The Balaban J connectivity index is 1.16. The second kappa shape index (κ2) is 22.4. The average molecular weight is 929 g/mol. The first kappa shape index (κ1) is 49.2. The number of hydrogen-bond donors (Lipinski definition) is 4. The predicted molar refractivity (Wildman–Crippen MR) is 259 cm³/mol. The Kier molecular flexibility index (Phi) is 16.2. The fraction of sp³-hybridized carbons (Fsp3) is 0.434. The summed E-state index contributed by atoms with van der Waals surface area (Å²) in [6.45, 7) is 5.32. The van der Waals surface area contributed by atoms with Crippen LogP contribution in [-0.2, 0) is 38.8 Å². The zero-order valence-electron chi connectivity index (χ0n) is 39.7. The van der Waals surface area contributed by atoms with Crippen LogP contribution in [0.25, 0.3) is 11.1 Å². The molecule has 1 aliphatic carbocycles. The van der Waals surface area contributed by atoms with Crippen molar-refractivity contribution < 1.29 is 43.0 Å². The molecule has 6 amide bonds. The molecule has 4 aromatic carbocycles. The summed E-state index contributed by atoms with van der Waals surface area (Å²) in [4.78, 5) is 85.2. The smallest absolute Gasteiger partial charge is 0.407 e. The lowest BCUT2D eigenvalue weighted by atomic mass is 9.70. The summed E-state index contributed by atoms with van der Waals surface area (Å²) in [6.07, 6.45) is 5.46. The molecule has 0 saturated carbocycles. The molecule has 360 valence electrons. The van der Waals surface area contributed by atoms with Gasteiger partial charge in [0.2, 0.25) is 11.8 Å². The van der Waals surface area contributed by atoms with E-state index in [4.69, 9.17) is 14.2 Å². The Bertz CT molecular complexity index is 2440. The molecule has 4 aromatic rings. The van der Waals surface area contributed by atoms with Crippen molar-refractivity contribution in [3.05, 3.63) is 119 Å². The lowest BCUT2D eigenvalue weighted by molar-refractivity contribution is -0.138. The molecule has 2 heterocycles. The van der Waals surface area contributed by atoms with E-state index in [1.165, 1.54) is 14.2 Å². The summed E-state index contributed by atoms with van der Waals surface area (Å²) in [7, 11) is 4.07. The summed E-state index contributed by atoms with van der Waals surface area (Å²) in [5.41, 5.74) is 6.23. The van der Waals surface area contributed by atoms with Gasteiger partial charge in [-0.2, -0.15) is 0 Å². The number of nitrogens with one attached hydrogen (secondary N) is 4. The predicted octanol–water partition coefficient (Wildman–Crippen LogP) is 8.26. The number of hydrogen-bond acceptors (Lipinski definition) is 9. The Hall–Kier alpha value is -6.74. The van der Waals surface area contributed by atoms with E-state index in [-0.39, 0.29) is 24.3 Å². The maximum atomic E-state index is 14.5. The van der Waals surface area contributed by atoms with Crippen LogP contribution in [0.15, 0.2) is 97.1 Å². The molecule has 4 N–H and O–H groups in total. The van der Waals surface area contributed by atoms with Crippen molar-refractivity contribution in [2.45, 2.75) is 101 Å². The number of anilines is 2. The van der Waals surface area contributed by atoms with Gasteiger partial charge in [-0.3, -0.25) is 19.2 Å². The third-order valence-electron chi connectivity index (χ3n) is 13.7. The van der Waals surface area contributed by atoms with E-state index in [0.717, 1.165) is 60.8 Å². The summed E-state index contributed by atoms with van der Waals surface area (Å²) >= 11 is 0. The van der Waals surface area contributed by atoms with E-state index < -0.39 is 53.6 Å². The van der Waals surface area contributed by atoms with E-state index >= 15 is 0 Å². The highest BCUT2D eigenvalue weighted by molar-refractivity contribution is 6.01. The van der Waals surface area contributed by atoms with Gasteiger partial charge in [-0.05, 0) is 89.8 Å². The van der Waals surface area contributed by atoms with Crippen molar-refractivity contribution in [3.63, 3.8) is 0 Å². The standard InChI is InChI=1S/C53H64N6O9/c1-6-8-26-53(27-9-7-2)41-30-37(54-47(60)43-21-16-28-58(43)49(62)45(56-51(64)67-4)35-17-12-10-13-18-35)22-24-39(41)40-25-23-38(31-42(40)53)55-48(61)44-29-34(33-66-3)32-59(44)50(63)46(57-52(65)68-5)36-19-14-11-15-20-36/h10-15,17-20,22-25,30-31,34,43-46H,6-9,16,21,26-29,32-33H2,1-5H3,(H,54,60)(H,55,61)(H,56,64)(H,57,65)/t34-,43-,44-,45+,46?/m0/s1. The largest absolute Gasteiger partial charge is 0.453 e.